The number of carbonyl (C=O) groups excluding carboxylic acids is 1. The van der Waals surface area contributed by atoms with E-state index in [2.05, 4.69) is 33.8 Å². The van der Waals surface area contributed by atoms with Gasteiger partial charge in [-0.3, -0.25) is 9.69 Å². The first-order valence-corrected chi connectivity index (χ1v) is 8.98. The molecule has 1 aromatic heterocycles. The van der Waals surface area contributed by atoms with Gasteiger partial charge in [-0.05, 0) is 43.2 Å². The number of hydrogen-bond donors (Lipinski definition) is 1. The first-order valence-electron chi connectivity index (χ1n) is 8.98. The van der Waals surface area contributed by atoms with Gasteiger partial charge in [0.25, 0.3) is 5.91 Å². The van der Waals surface area contributed by atoms with Crippen molar-refractivity contribution in [3.63, 3.8) is 0 Å². The fourth-order valence-electron chi connectivity index (χ4n) is 3.49. The summed E-state index contributed by atoms with van der Waals surface area (Å²) in [6.45, 7) is 5.78. The maximum absolute atomic E-state index is 11.7. The van der Waals surface area contributed by atoms with Gasteiger partial charge in [0.1, 0.15) is 11.6 Å². The van der Waals surface area contributed by atoms with Gasteiger partial charge in [-0.25, -0.2) is 4.98 Å². The van der Waals surface area contributed by atoms with Crippen molar-refractivity contribution in [2.45, 2.75) is 19.4 Å². The molecule has 2 heterocycles. The molecule has 0 spiro atoms. The maximum Gasteiger partial charge on any atom is 0.252 e. The Morgan fingerprint density at radius 2 is 2.04 bits per heavy atom. The Labute approximate surface area is 154 Å². The summed E-state index contributed by atoms with van der Waals surface area (Å²) < 4.78 is 5.35. The van der Waals surface area contributed by atoms with E-state index in [1.54, 1.807) is 25.4 Å². The molecule has 26 heavy (non-hydrogen) atoms. The smallest absolute Gasteiger partial charge is 0.252 e. The summed E-state index contributed by atoms with van der Waals surface area (Å²) in [6.07, 6.45) is 2.71. The van der Waals surface area contributed by atoms with Crippen LogP contribution in [0.3, 0.4) is 0 Å². The molecule has 1 unspecified atom stereocenters. The number of amides is 1. The molecule has 0 radical (unpaired) electrons. The lowest BCUT2D eigenvalue weighted by atomic mass is 10.1. The summed E-state index contributed by atoms with van der Waals surface area (Å²) in [5.74, 6) is 1.14. The van der Waals surface area contributed by atoms with E-state index < -0.39 is 5.91 Å². The van der Waals surface area contributed by atoms with Gasteiger partial charge in [-0.2, -0.15) is 0 Å². The van der Waals surface area contributed by atoms with Gasteiger partial charge in [0.05, 0.1) is 12.7 Å². The zero-order valence-corrected chi connectivity index (χ0v) is 15.4. The van der Waals surface area contributed by atoms with E-state index in [9.17, 15) is 4.79 Å². The van der Waals surface area contributed by atoms with Crippen LogP contribution in [-0.2, 0) is 0 Å². The van der Waals surface area contributed by atoms with Crippen LogP contribution in [0.25, 0.3) is 0 Å². The van der Waals surface area contributed by atoms with Crippen molar-refractivity contribution in [1.82, 2.24) is 9.88 Å². The van der Waals surface area contributed by atoms with Gasteiger partial charge in [0, 0.05) is 38.4 Å². The van der Waals surface area contributed by atoms with E-state index in [1.165, 1.54) is 5.56 Å². The van der Waals surface area contributed by atoms with Crippen molar-refractivity contribution in [3.05, 3.63) is 53.7 Å². The molecule has 6 heteroatoms. The first kappa shape index (κ1) is 18.2. The molecule has 6 nitrogen and oxygen atoms in total. The Kier molecular flexibility index (Phi) is 5.73. The number of nitrogens with two attached hydrogens (primary N) is 1. The van der Waals surface area contributed by atoms with Crippen LogP contribution >= 0.6 is 0 Å². The van der Waals surface area contributed by atoms with Crippen molar-refractivity contribution < 1.29 is 9.53 Å². The van der Waals surface area contributed by atoms with E-state index in [-0.39, 0.29) is 0 Å². The Morgan fingerprint density at radius 1 is 1.19 bits per heavy atom. The summed E-state index contributed by atoms with van der Waals surface area (Å²) >= 11 is 0. The molecule has 138 valence electrons. The van der Waals surface area contributed by atoms with Gasteiger partial charge in [0.15, 0.2) is 0 Å². The van der Waals surface area contributed by atoms with Crippen molar-refractivity contribution >= 4 is 11.7 Å². The quantitative estimate of drug-likeness (QED) is 0.893. The number of hydrogen-bond acceptors (Lipinski definition) is 5. The van der Waals surface area contributed by atoms with Gasteiger partial charge in [-0.1, -0.05) is 12.1 Å². The number of rotatable bonds is 5. The van der Waals surface area contributed by atoms with Gasteiger partial charge in [-0.15, -0.1) is 0 Å². The lowest BCUT2D eigenvalue weighted by Crippen LogP contribution is -2.33. The van der Waals surface area contributed by atoms with E-state index in [4.69, 9.17) is 10.5 Å². The second kappa shape index (κ2) is 8.19. The third kappa shape index (κ3) is 3.96. The molecule has 3 rings (SSSR count). The van der Waals surface area contributed by atoms with Crippen LogP contribution in [0.15, 0.2) is 42.6 Å². The predicted molar refractivity (Wildman–Crippen MR) is 103 cm³/mol. The van der Waals surface area contributed by atoms with Gasteiger partial charge in [0.2, 0.25) is 0 Å². The molecule has 1 aliphatic heterocycles. The number of ether oxygens (including phenoxy) is 1. The molecule has 1 aliphatic rings. The largest absolute Gasteiger partial charge is 0.497 e. The fraction of sp³-hybridized carbons (Fsp3) is 0.400. The monoisotopic (exact) mass is 354 g/mol. The molecule has 1 amide bonds. The van der Waals surface area contributed by atoms with Crippen LogP contribution in [0.2, 0.25) is 0 Å². The Hall–Kier alpha value is -2.60. The van der Waals surface area contributed by atoms with Crippen LogP contribution in [-0.4, -0.2) is 49.1 Å². The Bertz CT molecular complexity index is 765. The van der Waals surface area contributed by atoms with Crippen LogP contribution in [0.1, 0.15) is 35.3 Å². The van der Waals surface area contributed by atoms with Crippen LogP contribution in [0.5, 0.6) is 5.75 Å². The SMILES string of the molecule is COc1cccc(C(C)N2CCCN(c3ncccc3C(N)=O)CC2)c1. The van der Waals surface area contributed by atoms with E-state index >= 15 is 0 Å². The fourth-order valence-corrected chi connectivity index (χ4v) is 3.49. The standard InChI is InChI=1S/C20H26N4O2/c1-15(16-6-3-7-17(14-16)26-2)23-10-5-11-24(13-12-23)20-18(19(21)25)8-4-9-22-20/h3-4,6-9,14-15H,5,10-13H2,1-2H3,(H2,21,25). The molecule has 0 aliphatic carbocycles. The van der Waals surface area contributed by atoms with Gasteiger partial charge < -0.3 is 15.4 Å². The van der Waals surface area contributed by atoms with Crippen molar-refractivity contribution in [1.29, 1.82) is 0 Å². The molecular weight excluding hydrogens is 328 g/mol. The maximum atomic E-state index is 11.7. The molecule has 1 saturated heterocycles. The highest BCUT2D eigenvalue weighted by Crippen LogP contribution is 2.26. The van der Waals surface area contributed by atoms with Crippen molar-refractivity contribution in [3.8, 4) is 5.75 Å². The highest BCUT2D eigenvalue weighted by Gasteiger charge is 2.23. The minimum Gasteiger partial charge on any atom is -0.497 e. The molecular formula is C20H26N4O2. The number of benzene rings is 1. The zero-order chi connectivity index (χ0) is 18.5. The normalized spacial score (nSPS) is 16.8. The van der Waals surface area contributed by atoms with E-state index in [1.807, 2.05) is 12.1 Å². The number of carbonyl (C=O) groups is 1. The highest BCUT2D eigenvalue weighted by molar-refractivity contribution is 5.97. The molecule has 0 saturated carbocycles. The highest BCUT2D eigenvalue weighted by atomic mass is 16.5. The lowest BCUT2D eigenvalue weighted by Gasteiger charge is -2.28. The minimum absolute atomic E-state index is 0.296. The summed E-state index contributed by atoms with van der Waals surface area (Å²) in [4.78, 5) is 20.7. The topological polar surface area (TPSA) is 71.7 Å². The van der Waals surface area contributed by atoms with Crippen LogP contribution in [0.4, 0.5) is 5.82 Å². The van der Waals surface area contributed by atoms with Crippen LogP contribution < -0.4 is 15.4 Å². The Morgan fingerprint density at radius 3 is 2.81 bits per heavy atom. The average Bonchev–Trinajstić information content (AvgIpc) is 2.93. The van der Waals surface area contributed by atoms with Crippen LogP contribution in [0, 0.1) is 0 Å². The van der Waals surface area contributed by atoms with Crippen molar-refractivity contribution in [2.24, 2.45) is 5.73 Å². The predicted octanol–water partition coefficient (Wildman–Crippen LogP) is 2.46. The third-order valence-electron chi connectivity index (χ3n) is 5.01. The summed E-state index contributed by atoms with van der Waals surface area (Å²) in [7, 11) is 1.69. The van der Waals surface area contributed by atoms with E-state index in [0.717, 1.165) is 38.3 Å². The second-order valence-electron chi connectivity index (χ2n) is 6.57. The number of methoxy groups -OCH3 is 1. The zero-order valence-electron chi connectivity index (χ0n) is 15.4. The second-order valence-corrected chi connectivity index (χ2v) is 6.57. The average molecular weight is 354 g/mol. The lowest BCUT2D eigenvalue weighted by molar-refractivity contribution is 0.100. The summed E-state index contributed by atoms with van der Waals surface area (Å²) in [6, 6.07) is 12.0. The molecule has 1 aromatic carbocycles. The molecule has 0 bridgehead atoms. The molecule has 2 N–H and O–H groups in total. The minimum atomic E-state index is -0.432. The molecule has 2 aromatic rings. The number of nitrogens with zero attached hydrogens (tertiary/aromatic N) is 3. The molecule has 1 atom stereocenters. The third-order valence-corrected chi connectivity index (χ3v) is 5.01. The number of pyridine rings is 1. The van der Waals surface area contributed by atoms with Gasteiger partial charge >= 0.3 is 0 Å². The number of anilines is 1. The molecule has 1 fully saturated rings. The summed E-state index contributed by atoms with van der Waals surface area (Å²) in [5.41, 5.74) is 7.24. The Balaban J connectivity index is 1.73. The summed E-state index contributed by atoms with van der Waals surface area (Å²) in [5, 5.41) is 0. The number of aromatic nitrogens is 1. The van der Waals surface area contributed by atoms with E-state index in [0.29, 0.717) is 17.4 Å². The first-order chi connectivity index (χ1) is 12.6. The van der Waals surface area contributed by atoms with Crippen molar-refractivity contribution in [2.75, 3.05) is 38.2 Å². The number of primary amides is 1.